The van der Waals surface area contributed by atoms with Crippen molar-refractivity contribution in [3.05, 3.63) is 65.5 Å². The predicted octanol–water partition coefficient (Wildman–Crippen LogP) is 7.79. The van der Waals surface area contributed by atoms with Gasteiger partial charge in [-0.05, 0) is 93.9 Å². The highest BCUT2D eigenvalue weighted by molar-refractivity contribution is 9.11. The van der Waals surface area contributed by atoms with Gasteiger partial charge in [-0.15, -0.1) is 0 Å². The number of halogens is 3. The number of nitrogens with zero attached hydrogens (tertiary/aromatic N) is 3. The number of rotatable bonds is 6. The maximum atomic E-state index is 13.5. The molecule has 0 N–H and O–H groups in total. The fourth-order valence-electron chi connectivity index (χ4n) is 4.08. The molecule has 33 heavy (non-hydrogen) atoms. The normalized spacial score (nSPS) is 15.9. The van der Waals surface area contributed by atoms with Crippen molar-refractivity contribution in [2.45, 2.75) is 64.4 Å². The first-order valence-corrected chi connectivity index (χ1v) is 13.7. The van der Waals surface area contributed by atoms with Gasteiger partial charge in [-0.1, -0.05) is 42.1 Å². The molecule has 1 aliphatic rings. The molecule has 1 atom stereocenters. The summed E-state index contributed by atoms with van der Waals surface area (Å²) in [6.45, 7) is 4.13. The van der Waals surface area contributed by atoms with E-state index in [1.165, 1.54) is 11.1 Å². The molecule has 0 saturated heterocycles. The lowest BCUT2D eigenvalue weighted by molar-refractivity contribution is 0.214. The first-order chi connectivity index (χ1) is 15.9. The van der Waals surface area contributed by atoms with Gasteiger partial charge < -0.3 is 4.74 Å². The van der Waals surface area contributed by atoms with Crippen LogP contribution < -0.4 is 10.3 Å². The minimum absolute atomic E-state index is 0.108. The highest BCUT2D eigenvalue weighted by Crippen LogP contribution is 2.36. The monoisotopic (exact) mass is 637 g/mol. The average Bonchev–Trinajstić information content (AvgIpc) is 2.81. The molecular weight excluding hydrogens is 614 g/mol. The Bertz CT molecular complexity index is 1230. The molecule has 0 radical (unpaired) electrons. The van der Waals surface area contributed by atoms with Crippen LogP contribution in [0.1, 0.15) is 69.7 Å². The second-order valence-electron chi connectivity index (χ2n) is 8.48. The van der Waals surface area contributed by atoms with Gasteiger partial charge in [-0.25, -0.2) is 4.98 Å². The lowest BCUT2D eigenvalue weighted by Gasteiger charge is -2.22. The number of hydrogen-bond acceptors (Lipinski definition) is 4. The van der Waals surface area contributed by atoms with Gasteiger partial charge in [0, 0.05) is 10.4 Å². The van der Waals surface area contributed by atoms with Gasteiger partial charge in [0.25, 0.3) is 5.56 Å². The van der Waals surface area contributed by atoms with Crippen LogP contribution in [0.4, 0.5) is 0 Å². The molecule has 0 aliphatic heterocycles. The minimum Gasteiger partial charge on any atom is -0.488 e. The maximum Gasteiger partial charge on any atom is 0.282 e. The smallest absolute Gasteiger partial charge is 0.282 e. The third-order valence-corrected chi connectivity index (χ3v) is 7.71. The second-order valence-corrected chi connectivity index (χ2v) is 11.1. The molecule has 1 aliphatic carbocycles. The molecule has 1 aromatic heterocycles. The van der Waals surface area contributed by atoms with Crippen LogP contribution in [0.15, 0.2) is 53.6 Å². The van der Waals surface area contributed by atoms with Crippen molar-refractivity contribution in [3.63, 3.8) is 0 Å². The van der Waals surface area contributed by atoms with Crippen molar-refractivity contribution in [1.82, 2.24) is 9.66 Å². The van der Waals surface area contributed by atoms with Crippen LogP contribution in [0.5, 0.6) is 5.75 Å². The van der Waals surface area contributed by atoms with Crippen molar-refractivity contribution < 1.29 is 4.74 Å². The summed E-state index contributed by atoms with van der Waals surface area (Å²) in [5, 5.41) is 5.20. The third kappa shape index (κ3) is 5.60. The van der Waals surface area contributed by atoms with E-state index in [1.54, 1.807) is 6.21 Å². The third-order valence-electron chi connectivity index (χ3n) is 6.04. The maximum absolute atomic E-state index is 13.5. The van der Waals surface area contributed by atoms with Crippen molar-refractivity contribution in [3.8, 4) is 5.75 Å². The Kier molecular flexibility index (Phi) is 8.07. The van der Waals surface area contributed by atoms with Gasteiger partial charge in [0.15, 0.2) is 0 Å². The number of fused-ring (bicyclic) bond motifs is 1. The van der Waals surface area contributed by atoms with E-state index in [1.807, 2.05) is 37.3 Å². The first kappa shape index (κ1) is 24.6. The molecule has 0 amide bonds. The van der Waals surface area contributed by atoms with E-state index in [9.17, 15) is 4.79 Å². The molecule has 174 valence electrons. The van der Waals surface area contributed by atoms with Gasteiger partial charge >= 0.3 is 0 Å². The molecule has 5 nitrogen and oxygen atoms in total. The molecule has 1 fully saturated rings. The van der Waals surface area contributed by atoms with Crippen LogP contribution in [0.2, 0.25) is 0 Å². The van der Waals surface area contributed by atoms with Crippen LogP contribution >= 0.6 is 47.8 Å². The van der Waals surface area contributed by atoms with E-state index in [2.05, 4.69) is 59.8 Å². The zero-order chi connectivity index (χ0) is 23.5. The second kappa shape index (κ2) is 10.8. The Morgan fingerprint density at radius 2 is 1.85 bits per heavy atom. The number of aromatic nitrogens is 2. The van der Waals surface area contributed by atoms with Crippen LogP contribution in [-0.2, 0) is 0 Å². The van der Waals surface area contributed by atoms with Crippen LogP contribution in [0.25, 0.3) is 10.9 Å². The zero-order valence-corrected chi connectivity index (χ0v) is 23.4. The lowest BCUT2D eigenvalue weighted by Crippen LogP contribution is -2.25. The molecule has 1 saturated carbocycles. The highest BCUT2D eigenvalue weighted by atomic mass is 79.9. The number of hydrogen-bond donors (Lipinski definition) is 0. The number of ether oxygens (including phenoxy) is 1. The summed E-state index contributed by atoms with van der Waals surface area (Å²) in [6, 6.07) is 9.52. The van der Waals surface area contributed by atoms with Crippen LogP contribution in [-0.4, -0.2) is 22.0 Å². The van der Waals surface area contributed by atoms with Crippen LogP contribution in [0.3, 0.4) is 0 Å². The van der Waals surface area contributed by atoms with E-state index >= 15 is 0 Å². The fourth-order valence-corrected chi connectivity index (χ4v) is 5.85. The largest absolute Gasteiger partial charge is 0.488 e. The number of benzene rings is 2. The summed E-state index contributed by atoms with van der Waals surface area (Å²) in [5.74, 6) is 1.75. The van der Waals surface area contributed by atoms with E-state index in [0.29, 0.717) is 10.9 Å². The van der Waals surface area contributed by atoms with Crippen LogP contribution in [0, 0.1) is 0 Å². The van der Waals surface area contributed by atoms with Gasteiger partial charge in [-0.3, -0.25) is 4.79 Å². The standard InChI is InChI=1S/C25H26Br3N3O2/c1-3-15(2)33-23-20(27)11-16(12-21(23)28)14-29-31-24(17-7-5-4-6-8-17)30-22-10-9-18(26)13-19(22)25(31)32/h9-15,17H,3-8H2,1-2H3/t15-/m0/s1. The van der Waals surface area contributed by atoms with Crippen molar-refractivity contribution in [2.24, 2.45) is 5.10 Å². The summed E-state index contributed by atoms with van der Waals surface area (Å²) < 4.78 is 10.0. The van der Waals surface area contributed by atoms with Crippen molar-refractivity contribution >= 4 is 64.9 Å². The summed E-state index contributed by atoms with van der Waals surface area (Å²) in [4.78, 5) is 18.4. The molecular formula is C25H26Br3N3O2. The SMILES string of the molecule is CC[C@H](C)Oc1c(Br)cc(C=Nn2c(C3CCCCC3)nc3ccc(Br)cc3c2=O)cc1Br. The van der Waals surface area contributed by atoms with Gasteiger partial charge in [0.1, 0.15) is 11.6 Å². The quantitative estimate of drug-likeness (QED) is 0.259. The first-order valence-electron chi connectivity index (χ1n) is 11.3. The summed E-state index contributed by atoms with van der Waals surface area (Å²) in [7, 11) is 0. The van der Waals surface area contributed by atoms with Crippen molar-refractivity contribution in [1.29, 1.82) is 0 Å². The molecule has 0 unspecified atom stereocenters. The zero-order valence-electron chi connectivity index (χ0n) is 18.7. The Hall–Kier alpha value is -1.51. The van der Waals surface area contributed by atoms with Gasteiger partial charge in [-0.2, -0.15) is 9.78 Å². The molecule has 3 aromatic rings. The summed E-state index contributed by atoms with van der Waals surface area (Å²) in [6.07, 6.45) is 8.34. The Balaban J connectivity index is 1.77. The van der Waals surface area contributed by atoms with E-state index in [0.717, 1.165) is 62.7 Å². The van der Waals surface area contributed by atoms with Gasteiger partial charge in [0.05, 0.1) is 32.2 Å². The predicted molar refractivity (Wildman–Crippen MR) is 145 cm³/mol. The lowest BCUT2D eigenvalue weighted by atomic mass is 9.88. The Morgan fingerprint density at radius 3 is 2.52 bits per heavy atom. The molecule has 0 spiro atoms. The topological polar surface area (TPSA) is 56.5 Å². The van der Waals surface area contributed by atoms with E-state index in [-0.39, 0.29) is 17.6 Å². The molecule has 1 heterocycles. The molecule has 4 rings (SSSR count). The Labute approximate surface area is 219 Å². The molecule has 0 bridgehead atoms. The van der Waals surface area contributed by atoms with E-state index < -0.39 is 0 Å². The minimum atomic E-state index is -0.145. The van der Waals surface area contributed by atoms with Gasteiger partial charge in [0.2, 0.25) is 0 Å². The highest BCUT2D eigenvalue weighted by Gasteiger charge is 2.22. The molecule has 2 aromatic carbocycles. The summed E-state index contributed by atoms with van der Waals surface area (Å²) >= 11 is 10.7. The summed E-state index contributed by atoms with van der Waals surface area (Å²) in [5.41, 5.74) is 1.42. The Morgan fingerprint density at radius 1 is 1.15 bits per heavy atom. The molecule has 8 heteroatoms. The fraction of sp³-hybridized carbons (Fsp3) is 0.400. The average molecular weight is 640 g/mol. The van der Waals surface area contributed by atoms with Crippen molar-refractivity contribution in [2.75, 3.05) is 0 Å². The van der Waals surface area contributed by atoms with E-state index in [4.69, 9.17) is 9.72 Å².